The summed E-state index contributed by atoms with van der Waals surface area (Å²) in [5.74, 6) is -0.218. The number of rotatable bonds is 3. The third-order valence-corrected chi connectivity index (χ3v) is 4.42. The molecule has 1 aliphatic rings. The highest BCUT2D eigenvalue weighted by atomic mass is 79.9. The second-order valence-corrected chi connectivity index (χ2v) is 7.39. The molecule has 0 atom stereocenters. The molecule has 1 aromatic carbocycles. The Kier molecular flexibility index (Phi) is 4.52. The van der Waals surface area contributed by atoms with E-state index in [0.717, 1.165) is 10.0 Å². The number of aryl methyl sites for hydroxylation is 1. The number of ether oxygens (including phenoxy) is 1. The van der Waals surface area contributed by atoms with Crippen LogP contribution in [0.1, 0.15) is 39.2 Å². The van der Waals surface area contributed by atoms with E-state index in [-0.39, 0.29) is 5.91 Å². The summed E-state index contributed by atoms with van der Waals surface area (Å²) in [4.78, 5) is 24.3. The molecule has 0 heterocycles. The van der Waals surface area contributed by atoms with Crippen molar-refractivity contribution >= 4 is 33.6 Å². The number of carbonyl (C=O) groups excluding carboxylic acids is 2. The van der Waals surface area contributed by atoms with Crippen LogP contribution in [0.4, 0.5) is 10.5 Å². The largest absolute Gasteiger partial charge is 0.444 e. The molecule has 5 nitrogen and oxygen atoms in total. The van der Waals surface area contributed by atoms with E-state index in [1.54, 1.807) is 20.8 Å². The Balaban J connectivity index is 2.03. The molecule has 1 saturated carbocycles. The van der Waals surface area contributed by atoms with Gasteiger partial charge in [-0.1, -0.05) is 12.1 Å². The molecule has 1 fully saturated rings. The Hall–Kier alpha value is -1.56. The van der Waals surface area contributed by atoms with Crippen molar-refractivity contribution in [3.8, 4) is 0 Å². The highest BCUT2D eigenvalue weighted by Crippen LogP contribution is 2.38. The molecule has 0 bridgehead atoms. The topological polar surface area (TPSA) is 67.4 Å². The summed E-state index contributed by atoms with van der Waals surface area (Å²) in [6.45, 7) is 7.31. The first kappa shape index (κ1) is 16.8. The Morgan fingerprint density at radius 1 is 1.27 bits per heavy atom. The van der Waals surface area contributed by atoms with Crippen molar-refractivity contribution in [3.05, 3.63) is 28.2 Å². The van der Waals surface area contributed by atoms with Crippen molar-refractivity contribution in [3.63, 3.8) is 0 Å². The lowest BCUT2D eigenvalue weighted by Gasteiger charge is -2.23. The SMILES string of the molecule is Cc1cccc(NC(=O)C2(NC(=O)OC(C)(C)C)CC2)c1Br. The third-order valence-electron chi connectivity index (χ3n) is 3.36. The van der Waals surface area contributed by atoms with E-state index in [1.807, 2.05) is 25.1 Å². The van der Waals surface area contributed by atoms with Gasteiger partial charge >= 0.3 is 6.09 Å². The van der Waals surface area contributed by atoms with Gasteiger partial charge in [-0.15, -0.1) is 0 Å². The van der Waals surface area contributed by atoms with Crippen molar-refractivity contribution in [1.29, 1.82) is 0 Å². The van der Waals surface area contributed by atoms with Crippen molar-refractivity contribution in [2.75, 3.05) is 5.32 Å². The molecule has 1 aromatic rings. The molecular formula is C16H21BrN2O3. The molecule has 1 aliphatic carbocycles. The summed E-state index contributed by atoms with van der Waals surface area (Å²) in [6.07, 6.45) is 0.659. The fraction of sp³-hybridized carbons (Fsp3) is 0.500. The van der Waals surface area contributed by atoms with Crippen LogP contribution in [-0.4, -0.2) is 23.1 Å². The molecular weight excluding hydrogens is 348 g/mol. The zero-order chi connectivity index (χ0) is 16.5. The smallest absolute Gasteiger partial charge is 0.408 e. The van der Waals surface area contributed by atoms with Gasteiger partial charge in [0, 0.05) is 4.47 Å². The van der Waals surface area contributed by atoms with Gasteiger partial charge in [-0.3, -0.25) is 4.79 Å². The molecule has 120 valence electrons. The number of hydrogen-bond acceptors (Lipinski definition) is 3. The minimum Gasteiger partial charge on any atom is -0.444 e. The molecule has 0 aliphatic heterocycles. The third kappa shape index (κ3) is 4.00. The van der Waals surface area contributed by atoms with Gasteiger partial charge in [0.2, 0.25) is 5.91 Å². The summed E-state index contributed by atoms with van der Waals surface area (Å²) < 4.78 is 6.06. The van der Waals surface area contributed by atoms with Gasteiger partial charge in [0.15, 0.2) is 0 Å². The number of nitrogens with one attached hydrogen (secondary N) is 2. The Labute approximate surface area is 138 Å². The highest BCUT2D eigenvalue weighted by Gasteiger charge is 2.52. The standard InChI is InChI=1S/C16H21BrN2O3/c1-10-6-5-7-11(12(10)17)18-13(20)16(8-9-16)19-14(21)22-15(2,3)4/h5-7H,8-9H2,1-4H3,(H,18,20)(H,19,21). The first-order chi connectivity index (χ1) is 10.1. The van der Waals surface area contributed by atoms with E-state index < -0.39 is 17.2 Å². The van der Waals surface area contributed by atoms with Crippen LogP contribution in [0.3, 0.4) is 0 Å². The van der Waals surface area contributed by atoms with E-state index in [9.17, 15) is 9.59 Å². The molecule has 0 radical (unpaired) electrons. The minimum absolute atomic E-state index is 0.218. The van der Waals surface area contributed by atoms with Crippen LogP contribution < -0.4 is 10.6 Å². The lowest BCUT2D eigenvalue weighted by Crippen LogP contribution is -2.47. The van der Waals surface area contributed by atoms with Crippen molar-refractivity contribution in [2.45, 2.75) is 51.7 Å². The van der Waals surface area contributed by atoms with Gasteiger partial charge in [0.05, 0.1) is 5.69 Å². The molecule has 0 unspecified atom stereocenters. The van der Waals surface area contributed by atoms with Crippen molar-refractivity contribution in [2.24, 2.45) is 0 Å². The Morgan fingerprint density at radius 3 is 2.45 bits per heavy atom. The van der Waals surface area contributed by atoms with Gasteiger partial charge in [0.1, 0.15) is 11.1 Å². The maximum Gasteiger partial charge on any atom is 0.408 e. The van der Waals surface area contributed by atoms with Crippen LogP contribution >= 0.6 is 15.9 Å². The van der Waals surface area contributed by atoms with Crippen LogP contribution in [0.2, 0.25) is 0 Å². The number of hydrogen-bond donors (Lipinski definition) is 2. The van der Waals surface area contributed by atoms with E-state index in [0.29, 0.717) is 18.5 Å². The quantitative estimate of drug-likeness (QED) is 0.853. The molecule has 0 aromatic heterocycles. The first-order valence-electron chi connectivity index (χ1n) is 7.21. The molecule has 0 saturated heterocycles. The number of amides is 2. The van der Waals surface area contributed by atoms with Gasteiger partial charge < -0.3 is 15.4 Å². The number of benzene rings is 1. The Bertz CT molecular complexity index is 604. The molecule has 0 spiro atoms. The van der Waals surface area contributed by atoms with Crippen LogP contribution in [-0.2, 0) is 9.53 Å². The summed E-state index contributed by atoms with van der Waals surface area (Å²) in [5.41, 5.74) is 0.284. The second kappa shape index (κ2) is 5.91. The van der Waals surface area contributed by atoms with Crippen LogP contribution in [0, 0.1) is 6.92 Å². The van der Waals surface area contributed by atoms with Crippen LogP contribution in [0.25, 0.3) is 0 Å². The van der Waals surface area contributed by atoms with Crippen molar-refractivity contribution in [1.82, 2.24) is 5.32 Å². The van der Waals surface area contributed by atoms with E-state index in [1.165, 1.54) is 0 Å². The molecule has 2 N–H and O–H groups in total. The molecule has 6 heteroatoms. The highest BCUT2D eigenvalue weighted by molar-refractivity contribution is 9.10. The van der Waals surface area contributed by atoms with Crippen LogP contribution in [0.5, 0.6) is 0 Å². The lowest BCUT2D eigenvalue weighted by atomic mass is 10.2. The lowest BCUT2D eigenvalue weighted by molar-refractivity contribution is -0.119. The van der Waals surface area contributed by atoms with E-state index >= 15 is 0 Å². The summed E-state index contributed by atoms with van der Waals surface area (Å²) in [6, 6.07) is 5.64. The molecule has 22 heavy (non-hydrogen) atoms. The van der Waals surface area contributed by atoms with Gasteiger partial charge in [-0.05, 0) is 68.1 Å². The zero-order valence-electron chi connectivity index (χ0n) is 13.2. The fourth-order valence-corrected chi connectivity index (χ4v) is 2.38. The summed E-state index contributed by atoms with van der Waals surface area (Å²) >= 11 is 3.46. The van der Waals surface area contributed by atoms with Gasteiger partial charge in [0.25, 0.3) is 0 Å². The van der Waals surface area contributed by atoms with Crippen LogP contribution in [0.15, 0.2) is 22.7 Å². The average Bonchev–Trinajstić information content (AvgIpc) is 3.13. The summed E-state index contributed by atoms with van der Waals surface area (Å²) in [5, 5.41) is 5.56. The maximum absolute atomic E-state index is 12.5. The van der Waals surface area contributed by atoms with E-state index in [2.05, 4.69) is 26.6 Å². The number of anilines is 1. The number of carbonyl (C=O) groups is 2. The van der Waals surface area contributed by atoms with E-state index in [4.69, 9.17) is 4.74 Å². The monoisotopic (exact) mass is 368 g/mol. The first-order valence-corrected chi connectivity index (χ1v) is 8.00. The van der Waals surface area contributed by atoms with Gasteiger partial charge in [-0.2, -0.15) is 0 Å². The maximum atomic E-state index is 12.5. The molecule has 2 amide bonds. The Morgan fingerprint density at radius 2 is 1.91 bits per heavy atom. The predicted octanol–water partition coefficient (Wildman–Crippen LogP) is 3.75. The fourth-order valence-electron chi connectivity index (χ4n) is 2.02. The number of halogens is 1. The van der Waals surface area contributed by atoms with Crippen molar-refractivity contribution < 1.29 is 14.3 Å². The predicted molar refractivity (Wildman–Crippen MR) is 88.8 cm³/mol. The number of alkyl carbamates (subject to hydrolysis) is 1. The normalized spacial score (nSPS) is 15.9. The summed E-state index contributed by atoms with van der Waals surface area (Å²) in [7, 11) is 0. The molecule has 2 rings (SSSR count). The van der Waals surface area contributed by atoms with Gasteiger partial charge in [-0.25, -0.2) is 4.79 Å². The zero-order valence-corrected chi connectivity index (χ0v) is 14.8. The second-order valence-electron chi connectivity index (χ2n) is 6.60. The minimum atomic E-state index is -0.856. The average molecular weight is 369 g/mol.